The van der Waals surface area contributed by atoms with Gasteiger partial charge in [0.2, 0.25) is 0 Å². The highest BCUT2D eigenvalue weighted by atomic mass is 32.2. The minimum Gasteiger partial charge on any atom is -0.497 e. The molecular weight excluding hydrogens is 282 g/mol. The van der Waals surface area contributed by atoms with E-state index in [4.69, 9.17) is 15.2 Å². The molecule has 0 amide bonds. The molecule has 4 heteroatoms. The summed E-state index contributed by atoms with van der Waals surface area (Å²) in [6.07, 6.45) is 2.05. The zero-order valence-corrected chi connectivity index (χ0v) is 12.9. The molecule has 0 atom stereocenters. The third-order valence-electron chi connectivity index (χ3n) is 3.62. The number of fused-ring (bicyclic) bond motifs is 1. The molecular formula is C17H19NO2S. The molecule has 0 saturated heterocycles. The van der Waals surface area contributed by atoms with E-state index in [-0.39, 0.29) is 0 Å². The average Bonchev–Trinajstić information content (AvgIpc) is 2.97. The molecule has 110 valence electrons. The summed E-state index contributed by atoms with van der Waals surface area (Å²) in [6, 6.07) is 12.3. The van der Waals surface area contributed by atoms with E-state index in [1.807, 2.05) is 18.2 Å². The summed E-state index contributed by atoms with van der Waals surface area (Å²) in [6.45, 7) is 0.813. The second-order valence-electron chi connectivity index (χ2n) is 5.04. The fourth-order valence-electron chi connectivity index (χ4n) is 2.44. The van der Waals surface area contributed by atoms with Gasteiger partial charge >= 0.3 is 0 Å². The average molecular weight is 301 g/mol. The Kier molecular flexibility index (Phi) is 4.25. The third-order valence-corrected chi connectivity index (χ3v) is 4.70. The van der Waals surface area contributed by atoms with Crippen LogP contribution in [0.4, 0.5) is 5.69 Å². The van der Waals surface area contributed by atoms with Gasteiger partial charge in [-0.1, -0.05) is 12.1 Å². The number of nitrogens with two attached hydrogens (primary N) is 1. The highest BCUT2D eigenvalue weighted by molar-refractivity contribution is 7.99. The summed E-state index contributed by atoms with van der Waals surface area (Å²) in [5, 5.41) is 0. The number of methoxy groups -OCH3 is 1. The molecule has 0 bridgehead atoms. The molecule has 2 aromatic rings. The minimum absolute atomic E-state index is 0.808. The predicted octanol–water partition coefficient (Wildman–Crippen LogP) is 3.55. The lowest BCUT2D eigenvalue weighted by atomic mass is 10.1. The molecule has 21 heavy (non-hydrogen) atoms. The summed E-state index contributed by atoms with van der Waals surface area (Å²) in [5.74, 6) is 2.89. The molecule has 0 spiro atoms. The van der Waals surface area contributed by atoms with Crippen LogP contribution in [0.1, 0.15) is 11.1 Å². The molecule has 0 aliphatic carbocycles. The summed E-state index contributed by atoms with van der Waals surface area (Å²) >= 11 is 1.77. The SMILES string of the molecule is COc1ccc(N)c(SCCc2ccc3c(c2)CCO3)c1. The monoisotopic (exact) mass is 301 g/mol. The van der Waals surface area contributed by atoms with Crippen molar-refractivity contribution < 1.29 is 9.47 Å². The number of anilines is 1. The van der Waals surface area contributed by atoms with Crippen LogP contribution in [-0.4, -0.2) is 19.5 Å². The zero-order valence-electron chi connectivity index (χ0n) is 12.1. The maximum absolute atomic E-state index is 6.00. The number of thioether (sulfide) groups is 1. The van der Waals surface area contributed by atoms with E-state index >= 15 is 0 Å². The molecule has 0 fully saturated rings. The predicted molar refractivity (Wildman–Crippen MR) is 87.5 cm³/mol. The van der Waals surface area contributed by atoms with E-state index in [1.54, 1.807) is 18.9 Å². The van der Waals surface area contributed by atoms with Gasteiger partial charge in [-0.3, -0.25) is 0 Å². The first-order valence-corrected chi connectivity index (χ1v) is 8.06. The van der Waals surface area contributed by atoms with E-state index in [2.05, 4.69) is 18.2 Å². The van der Waals surface area contributed by atoms with Crippen molar-refractivity contribution in [3.8, 4) is 11.5 Å². The fourth-order valence-corrected chi connectivity index (χ4v) is 3.43. The third kappa shape index (κ3) is 3.27. The van der Waals surface area contributed by atoms with Crippen LogP contribution >= 0.6 is 11.8 Å². The highest BCUT2D eigenvalue weighted by Crippen LogP contribution is 2.30. The van der Waals surface area contributed by atoms with Gasteiger partial charge in [0.25, 0.3) is 0 Å². The van der Waals surface area contributed by atoms with Gasteiger partial charge in [-0.2, -0.15) is 0 Å². The minimum atomic E-state index is 0.808. The molecule has 1 aliphatic heterocycles. The standard InChI is InChI=1S/C17H19NO2S/c1-19-14-3-4-15(18)17(11-14)21-9-7-12-2-5-16-13(10-12)6-8-20-16/h2-5,10-11H,6-9,18H2,1H3. The first-order chi connectivity index (χ1) is 10.3. The molecule has 2 N–H and O–H groups in total. The number of benzene rings is 2. The number of aryl methyl sites for hydroxylation is 1. The van der Waals surface area contributed by atoms with Crippen molar-refractivity contribution >= 4 is 17.4 Å². The van der Waals surface area contributed by atoms with Crippen molar-refractivity contribution in [1.82, 2.24) is 0 Å². The Bertz CT molecular complexity index is 643. The van der Waals surface area contributed by atoms with Crippen LogP contribution in [0.5, 0.6) is 11.5 Å². The highest BCUT2D eigenvalue weighted by Gasteiger charge is 2.12. The Hall–Kier alpha value is -1.81. The van der Waals surface area contributed by atoms with Gasteiger partial charge in [0, 0.05) is 22.8 Å². The van der Waals surface area contributed by atoms with E-state index in [9.17, 15) is 0 Å². The fraction of sp³-hybridized carbons (Fsp3) is 0.294. The van der Waals surface area contributed by atoms with Crippen LogP contribution in [0.3, 0.4) is 0 Å². The molecule has 3 nitrogen and oxygen atoms in total. The van der Waals surface area contributed by atoms with Crippen molar-refractivity contribution in [3.05, 3.63) is 47.5 Å². The Labute approximate surface area is 129 Å². The van der Waals surface area contributed by atoms with Crippen molar-refractivity contribution in [2.75, 3.05) is 25.2 Å². The second kappa shape index (κ2) is 6.31. The quantitative estimate of drug-likeness (QED) is 0.677. The summed E-state index contributed by atoms with van der Waals surface area (Å²) in [5.41, 5.74) is 9.50. The summed E-state index contributed by atoms with van der Waals surface area (Å²) in [7, 11) is 1.67. The Morgan fingerprint density at radius 1 is 1.24 bits per heavy atom. The van der Waals surface area contributed by atoms with E-state index in [0.29, 0.717) is 0 Å². The lowest BCUT2D eigenvalue weighted by Gasteiger charge is -2.08. The molecule has 1 heterocycles. The molecule has 0 radical (unpaired) electrons. The first-order valence-electron chi connectivity index (χ1n) is 7.07. The molecule has 2 aromatic carbocycles. The zero-order chi connectivity index (χ0) is 14.7. The van der Waals surface area contributed by atoms with Crippen molar-refractivity contribution in [3.63, 3.8) is 0 Å². The van der Waals surface area contributed by atoms with E-state index in [0.717, 1.165) is 47.3 Å². The Morgan fingerprint density at radius 2 is 2.14 bits per heavy atom. The molecule has 3 rings (SSSR count). The second-order valence-corrected chi connectivity index (χ2v) is 6.18. The number of hydrogen-bond donors (Lipinski definition) is 1. The van der Waals surface area contributed by atoms with E-state index < -0.39 is 0 Å². The lowest BCUT2D eigenvalue weighted by molar-refractivity contribution is 0.357. The van der Waals surface area contributed by atoms with Gasteiger partial charge in [0.15, 0.2) is 0 Å². The smallest absolute Gasteiger partial charge is 0.122 e. The van der Waals surface area contributed by atoms with Crippen LogP contribution in [0, 0.1) is 0 Å². The van der Waals surface area contributed by atoms with Gasteiger partial charge in [-0.25, -0.2) is 0 Å². The van der Waals surface area contributed by atoms with Gasteiger partial charge in [0.1, 0.15) is 11.5 Å². The number of rotatable bonds is 5. The number of hydrogen-bond acceptors (Lipinski definition) is 4. The summed E-state index contributed by atoms with van der Waals surface area (Å²) in [4.78, 5) is 1.08. The van der Waals surface area contributed by atoms with E-state index in [1.165, 1.54) is 11.1 Å². The van der Waals surface area contributed by atoms with Crippen LogP contribution in [-0.2, 0) is 12.8 Å². The molecule has 0 saturated carbocycles. The maximum Gasteiger partial charge on any atom is 0.122 e. The van der Waals surface area contributed by atoms with Crippen LogP contribution in [0.2, 0.25) is 0 Å². The number of nitrogen functional groups attached to an aromatic ring is 1. The van der Waals surface area contributed by atoms with Crippen LogP contribution in [0.25, 0.3) is 0 Å². The van der Waals surface area contributed by atoms with Gasteiger partial charge in [-0.05, 0) is 41.8 Å². The molecule has 0 aromatic heterocycles. The van der Waals surface area contributed by atoms with Gasteiger partial charge < -0.3 is 15.2 Å². The summed E-state index contributed by atoms with van der Waals surface area (Å²) < 4.78 is 10.8. The normalized spacial score (nSPS) is 12.8. The van der Waals surface area contributed by atoms with Crippen LogP contribution < -0.4 is 15.2 Å². The van der Waals surface area contributed by atoms with Gasteiger partial charge in [0.05, 0.1) is 13.7 Å². The molecule has 1 aliphatic rings. The largest absolute Gasteiger partial charge is 0.497 e. The molecule has 0 unspecified atom stereocenters. The van der Waals surface area contributed by atoms with Crippen molar-refractivity contribution in [2.24, 2.45) is 0 Å². The topological polar surface area (TPSA) is 44.5 Å². The van der Waals surface area contributed by atoms with Crippen molar-refractivity contribution in [2.45, 2.75) is 17.7 Å². The van der Waals surface area contributed by atoms with Crippen molar-refractivity contribution in [1.29, 1.82) is 0 Å². The van der Waals surface area contributed by atoms with Gasteiger partial charge in [-0.15, -0.1) is 11.8 Å². The Morgan fingerprint density at radius 3 is 3.00 bits per heavy atom. The number of ether oxygens (including phenoxy) is 2. The van der Waals surface area contributed by atoms with Crippen LogP contribution in [0.15, 0.2) is 41.3 Å². The first kappa shape index (κ1) is 14.1. The maximum atomic E-state index is 6.00. The Balaban J connectivity index is 1.61. The lowest BCUT2D eigenvalue weighted by Crippen LogP contribution is -1.94.